The highest BCUT2D eigenvalue weighted by atomic mass is 16.4. The van der Waals surface area contributed by atoms with Crippen LogP contribution in [0.25, 0.3) is 0 Å². The molecule has 1 rings (SSSR count). The molecular formula is C17H28N2O2. The summed E-state index contributed by atoms with van der Waals surface area (Å²) in [6.07, 6.45) is 10.2. The van der Waals surface area contributed by atoms with Crippen molar-refractivity contribution in [1.29, 1.82) is 0 Å². The Labute approximate surface area is 127 Å². The number of hydrogen-bond donors (Lipinski definition) is 3. The topological polar surface area (TPSA) is 75.3 Å². The second kappa shape index (κ2) is 10.1. The lowest BCUT2D eigenvalue weighted by molar-refractivity contribution is 0.0697. The molecule has 0 unspecified atom stereocenters. The molecule has 0 aliphatic heterocycles. The Kier molecular flexibility index (Phi) is 8.32. The first-order chi connectivity index (χ1) is 10.1. The zero-order valence-corrected chi connectivity index (χ0v) is 13.0. The molecule has 0 atom stereocenters. The van der Waals surface area contributed by atoms with E-state index in [1.807, 2.05) is 0 Å². The lowest BCUT2D eigenvalue weighted by Crippen LogP contribution is -2.06. The van der Waals surface area contributed by atoms with Crippen LogP contribution in [0.15, 0.2) is 18.2 Å². The first-order valence-corrected chi connectivity index (χ1v) is 8.02. The van der Waals surface area contributed by atoms with Gasteiger partial charge in [-0.1, -0.05) is 51.9 Å². The van der Waals surface area contributed by atoms with Crippen molar-refractivity contribution in [3.8, 4) is 0 Å². The molecule has 0 spiro atoms. The van der Waals surface area contributed by atoms with Gasteiger partial charge in [0.15, 0.2) is 0 Å². The van der Waals surface area contributed by atoms with Crippen molar-refractivity contribution in [3.05, 3.63) is 23.8 Å². The number of nitrogens with two attached hydrogens (primary N) is 1. The first kappa shape index (κ1) is 17.3. The normalized spacial score (nSPS) is 10.5. The molecule has 4 heteroatoms. The molecule has 1 aromatic carbocycles. The molecule has 1 aromatic rings. The van der Waals surface area contributed by atoms with Crippen molar-refractivity contribution < 1.29 is 9.90 Å². The van der Waals surface area contributed by atoms with Gasteiger partial charge in [0, 0.05) is 6.54 Å². The standard InChI is InChI=1S/C17H28N2O2/c1-2-3-4-5-6-7-8-9-12-19-16-13-14(17(20)21)10-11-15(16)18/h10-11,13,19H,2-9,12,18H2,1H3,(H,20,21). The van der Waals surface area contributed by atoms with E-state index < -0.39 is 5.97 Å². The molecule has 21 heavy (non-hydrogen) atoms. The molecule has 0 bridgehead atoms. The number of benzene rings is 1. The highest BCUT2D eigenvalue weighted by Gasteiger charge is 2.06. The van der Waals surface area contributed by atoms with Gasteiger partial charge in [-0.25, -0.2) is 4.79 Å². The van der Waals surface area contributed by atoms with Crippen LogP contribution in [-0.2, 0) is 0 Å². The number of carbonyl (C=O) groups is 1. The monoisotopic (exact) mass is 292 g/mol. The van der Waals surface area contributed by atoms with E-state index >= 15 is 0 Å². The summed E-state index contributed by atoms with van der Waals surface area (Å²) in [4.78, 5) is 10.9. The smallest absolute Gasteiger partial charge is 0.335 e. The van der Waals surface area contributed by atoms with E-state index in [0.717, 1.165) is 18.7 Å². The van der Waals surface area contributed by atoms with Crippen LogP contribution in [0.5, 0.6) is 0 Å². The van der Waals surface area contributed by atoms with Gasteiger partial charge in [0.05, 0.1) is 16.9 Å². The molecule has 0 saturated carbocycles. The Bertz CT molecular complexity index is 433. The molecule has 0 aliphatic rings. The minimum Gasteiger partial charge on any atom is -0.478 e. The highest BCUT2D eigenvalue weighted by Crippen LogP contribution is 2.20. The summed E-state index contributed by atoms with van der Waals surface area (Å²) < 4.78 is 0. The summed E-state index contributed by atoms with van der Waals surface area (Å²) in [5.74, 6) is -0.926. The van der Waals surface area contributed by atoms with E-state index in [0.29, 0.717) is 5.69 Å². The fraction of sp³-hybridized carbons (Fsp3) is 0.588. The van der Waals surface area contributed by atoms with Crippen LogP contribution in [0.2, 0.25) is 0 Å². The van der Waals surface area contributed by atoms with E-state index in [2.05, 4.69) is 12.2 Å². The zero-order valence-electron chi connectivity index (χ0n) is 13.0. The van der Waals surface area contributed by atoms with Gasteiger partial charge in [0.2, 0.25) is 0 Å². The Balaban J connectivity index is 2.18. The zero-order chi connectivity index (χ0) is 15.5. The van der Waals surface area contributed by atoms with Crippen LogP contribution >= 0.6 is 0 Å². The second-order valence-corrected chi connectivity index (χ2v) is 5.51. The lowest BCUT2D eigenvalue weighted by atomic mass is 10.1. The average molecular weight is 292 g/mol. The molecule has 0 aromatic heterocycles. The van der Waals surface area contributed by atoms with E-state index in [4.69, 9.17) is 10.8 Å². The summed E-state index contributed by atoms with van der Waals surface area (Å²) >= 11 is 0. The minimum absolute atomic E-state index is 0.266. The van der Waals surface area contributed by atoms with Crippen LogP contribution < -0.4 is 11.1 Å². The molecule has 0 aliphatic carbocycles. The summed E-state index contributed by atoms with van der Waals surface area (Å²) in [5, 5.41) is 12.2. The third kappa shape index (κ3) is 7.02. The molecular weight excluding hydrogens is 264 g/mol. The van der Waals surface area contributed by atoms with Crippen LogP contribution in [0.4, 0.5) is 11.4 Å². The largest absolute Gasteiger partial charge is 0.478 e. The van der Waals surface area contributed by atoms with E-state index in [1.165, 1.54) is 51.0 Å². The van der Waals surface area contributed by atoms with Gasteiger partial charge >= 0.3 is 5.97 Å². The molecule has 0 heterocycles. The number of carboxylic acids is 1. The van der Waals surface area contributed by atoms with Crippen molar-refractivity contribution in [2.24, 2.45) is 0 Å². The Morgan fingerprint density at radius 1 is 1.10 bits per heavy atom. The van der Waals surface area contributed by atoms with Gasteiger partial charge in [-0.15, -0.1) is 0 Å². The quantitative estimate of drug-likeness (QED) is 0.414. The number of carboxylic acid groups (broad SMARTS) is 1. The Hall–Kier alpha value is -1.71. The fourth-order valence-electron chi connectivity index (χ4n) is 2.32. The van der Waals surface area contributed by atoms with Gasteiger partial charge < -0.3 is 16.2 Å². The van der Waals surface area contributed by atoms with Crippen LogP contribution in [0.1, 0.15) is 68.6 Å². The number of rotatable bonds is 11. The van der Waals surface area contributed by atoms with Gasteiger partial charge in [-0.2, -0.15) is 0 Å². The number of nitrogens with one attached hydrogen (secondary N) is 1. The van der Waals surface area contributed by atoms with Crippen molar-refractivity contribution in [2.75, 3.05) is 17.6 Å². The maximum Gasteiger partial charge on any atom is 0.335 e. The maximum absolute atomic E-state index is 10.9. The molecule has 0 fully saturated rings. The maximum atomic E-state index is 10.9. The summed E-state index contributed by atoms with van der Waals surface area (Å²) in [6, 6.07) is 4.76. The van der Waals surface area contributed by atoms with Crippen molar-refractivity contribution in [1.82, 2.24) is 0 Å². The molecule has 4 nitrogen and oxygen atoms in total. The third-order valence-electron chi connectivity index (χ3n) is 3.65. The fourth-order valence-corrected chi connectivity index (χ4v) is 2.32. The van der Waals surface area contributed by atoms with E-state index in [1.54, 1.807) is 12.1 Å². The number of nitrogen functional groups attached to an aromatic ring is 1. The Morgan fingerprint density at radius 2 is 1.71 bits per heavy atom. The highest BCUT2D eigenvalue weighted by molar-refractivity contribution is 5.90. The van der Waals surface area contributed by atoms with Crippen LogP contribution in [0, 0.1) is 0 Å². The SMILES string of the molecule is CCCCCCCCCCNc1cc(C(=O)O)ccc1N. The second-order valence-electron chi connectivity index (χ2n) is 5.51. The summed E-state index contributed by atoms with van der Waals surface area (Å²) in [5.41, 5.74) is 7.43. The van der Waals surface area contributed by atoms with Crippen molar-refractivity contribution in [3.63, 3.8) is 0 Å². The number of anilines is 2. The number of hydrogen-bond acceptors (Lipinski definition) is 3. The Morgan fingerprint density at radius 3 is 2.33 bits per heavy atom. The number of unbranched alkanes of at least 4 members (excludes halogenated alkanes) is 7. The minimum atomic E-state index is -0.926. The molecule has 4 N–H and O–H groups in total. The molecule has 0 amide bonds. The van der Waals surface area contributed by atoms with E-state index in [9.17, 15) is 4.79 Å². The number of aromatic carboxylic acids is 1. The summed E-state index contributed by atoms with van der Waals surface area (Å²) in [7, 11) is 0. The van der Waals surface area contributed by atoms with Crippen molar-refractivity contribution >= 4 is 17.3 Å². The predicted octanol–water partition coefficient (Wildman–Crippen LogP) is 4.52. The van der Waals surface area contributed by atoms with Crippen molar-refractivity contribution in [2.45, 2.75) is 58.3 Å². The van der Waals surface area contributed by atoms with Gasteiger partial charge in [0.1, 0.15) is 0 Å². The lowest BCUT2D eigenvalue weighted by Gasteiger charge is -2.10. The molecule has 0 saturated heterocycles. The summed E-state index contributed by atoms with van der Waals surface area (Å²) in [6.45, 7) is 3.07. The van der Waals surface area contributed by atoms with Gasteiger partial charge in [-0.3, -0.25) is 0 Å². The third-order valence-corrected chi connectivity index (χ3v) is 3.65. The first-order valence-electron chi connectivity index (χ1n) is 8.02. The van der Waals surface area contributed by atoms with Crippen LogP contribution in [0.3, 0.4) is 0 Å². The van der Waals surface area contributed by atoms with Gasteiger partial charge in [-0.05, 0) is 24.6 Å². The molecule has 118 valence electrons. The van der Waals surface area contributed by atoms with E-state index in [-0.39, 0.29) is 5.56 Å². The predicted molar refractivity (Wildman–Crippen MR) is 88.9 cm³/mol. The molecule has 0 radical (unpaired) electrons. The average Bonchev–Trinajstić information content (AvgIpc) is 2.47. The van der Waals surface area contributed by atoms with Crippen LogP contribution in [-0.4, -0.2) is 17.6 Å². The van der Waals surface area contributed by atoms with Gasteiger partial charge in [0.25, 0.3) is 0 Å².